The molecule has 0 unspecified atom stereocenters. The van der Waals surface area contributed by atoms with E-state index in [2.05, 4.69) is 149 Å². The van der Waals surface area contributed by atoms with Gasteiger partial charge in [-0.1, -0.05) is 161 Å². The normalized spacial score (nSPS) is 14.2. The van der Waals surface area contributed by atoms with Crippen molar-refractivity contribution in [1.82, 2.24) is 19.9 Å². The lowest BCUT2D eigenvalue weighted by Gasteiger charge is -2.26. The summed E-state index contributed by atoms with van der Waals surface area (Å²) in [6.45, 7) is 9.51. The van der Waals surface area contributed by atoms with E-state index in [1.807, 2.05) is 61.2 Å². The Morgan fingerprint density at radius 2 is 0.688 bits per heavy atom. The van der Waals surface area contributed by atoms with Gasteiger partial charge in [-0.25, -0.2) is 19.9 Å². The molecule has 0 saturated carbocycles. The largest absolute Gasteiger partial charge is 0.236 e. The Morgan fingerprint density at radius 1 is 0.312 bits per heavy atom. The van der Waals surface area contributed by atoms with Crippen molar-refractivity contribution in [2.24, 2.45) is 0 Å². The van der Waals surface area contributed by atoms with E-state index in [1.54, 1.807) is 0 Å². The highest BCUT2D eigenvalue weighted by Crippen LogP contribution is 2.56. The summed E-state index contributed by atoms with van der Waals surface area (Å²) in [5.41, 5.74) is 16.5. The molecular weight excluding hydrogens is 777 g/mol. The Hall–Kier alpha value is -7.82. The molecule has 0 N–H and O–H groups in total. The number of hydrogen-bond donors (Lipinski definition) is 0. The van der Waals surface area contributed by atoms with E-state index in [1.165, 1.54) is 87.6 Å². The van der Waals surface area contributed by atoms with Crippen molar-refractivity contribution >= 4 is 43.1 Å². The van der Waals surface area contributed by atoms with Crippen molar-refractivity contribution in [3.63, 3.8) is 0 Å². The summed E-state index contributed by atoms with van der Waals surface area (Å²) in [6, 6.07) is 57.4. The molecule has 0 saturated heterocycles. The molecule has 2 heterocycles. The van der Waals surface area contributed by atoms with Gasteiger partial charge in [-0.15, -0.1) is 0 Å². The molecule has 0 amide bonds. The highest BCUT2D eigenvalue weighted by Gasteiger charge is 2.39. The molecular formula is C60H42N4. The third-order valence-electron chi connectivity index (χ3n) is 14.4. The highest BCUT2D eigenvalue weighted by atomic mass is 14.9. The van der Waals surface area contributed by atoms with Crippen LogP contribution >= 0.6 is 0 Å². The molecule has 2 aromatic heterocycles. The van der Waals surface area contributed by atoms with Gasteiger partial charge in [-0.3, -0.25) is 0 Å². The predicted molar refractivity (Wildman–Crippen MR) is 265 cm³/mol. The molecule has 0 bridgehead atoms. The van der Waals surface area contributed by atoms with Crippen LogP contribution in [0.2, 0.25) is 0 Å². The fraction of sp³-hybridized carbons (Fsp3) is 0.100. The third-order valence-corrected chi connectivity index (χ3v) is 14.4. The molecule has 0 atom stereocenters. The average Bonchev–Trinajstić information content (AvgIpc) is 3.73. The molecule has 0 spiro atoms. The van der Waals surface area contributed by atoms with E-state index < -0.39 is 0 Å². The lowest BCUT2D eigenvalue weighted by atomic mass is 9.77. The van der Waals surface area contributed by atoms with Gasteiger partial charge in [0.2, 0.25) is 0 Å². The minimum Gasteiger partial charge on any atom is -0.236 e. The SMILES string of the molecule is CC1(C)c2ccccc2-c2ccc3c(c(-c4cnc(-c5ccccc5)nc4)cc4cc5c(cc(-c6cnc(-c7ccccc7)nc6)c6c7c(ccc65)-c5ccccc5C7(C)C)cc43)c21. The topological polar surface area (TPSA) is 51.6 Å². The van der Waals surface area contributed by atoms with Gasteiger partial charge in [0.25, 0.3) is 0 Å². The van der Waals surface area contributed by atoms with E-state index in [9.17, 15) is 0 Å². The first kappa shape index (κ1) is 36.8. The summed E-state index contributed by atoms with van der Waals surface area (Å²) in [7, 11) is 0. The first-order chi connectivity index (χ1) is 31.3. The summed E-state index contributed by atoms with van der Waals surface area (Å²) >= 11 is 0. The smallest absolute Gasteiger partial charge is 0.159 e. The Labute approximate surface area is 372 Å². The summed E-state index contributed by atoms with van der Waals surface area (Å²) in [6.07, 6.45) is 8.06. The van der Waals surface area contributed by atoms with Gasteiger partial charge in [0.1, 0.15) is 0 Å². The van der Waals surface area contributed by atoms with Gasteiger partial charge in [0.05, 0.1) is 0 Å². The zero-order valence-corrected chi connectivity index (χ0v) is 36.1. The molecule has 2 aliphatic carbocycles. The van der Waals surface area contributed by atoms with Crippen molar-refractivity contribution in [3.8, 4) is 67.3 Å². The van der Waals surface area contributed by atoms with Crippen LogP contribution in [0.5, 0.6) is 0 Å². The molecule has 302 valence electrons. The van der Waals surface area contributed by atoms with Crippen LogP contribution in [0.25, 0.3) is 110 Å². The van der Waals surface area contributed by atoms with E-state index in [0.29, 0.717) is 0 Å². The lowest BCUT2D eigenvalue weighted by molar-refractivity contribution is 0.666. The minimum absolute atomic E-state index is 0.227. The second-order valence-electron chi connectivity index (χ2n) is 18.6. The van der Waals surface area contributed by atoms with Crippen LogP contribution in [0.15, 0.2) is 183 Å². The van der Waals surface area contributed by atoms with Crippen LogP contribution < -0.4 is 0 Å². The summed E-state index contributed by atoms with van der Waals surface area (Å²) in [5, 5.41) is 9.77. The average molecular weight is 819 g/mol. The Bertz CT molecular complexity index is 3490. The van der Waals surface area contributed by atoms with Crippen LogP contribution in [0.1, 0.15) is 49.9 Å². The van der Waals surface area contributed by atoms with Crippen LogP contribution in [-0.2, 0) is 10.8 Å². The molecule has 4 heteroatoms. The number of benzene rings is 9. The number of fused-ring (bicyclic) bond motifs is 14. The fourth-order valence-corrected chi connectivity index (χ4v) is 11.4. The second-order valence-corrected chi connectivity index (χ2v) is 18.6. The maximum Gasteiger partial charge on any atom is 0.159 e. The molecule has 4 nitrogen and oxygen atoms in total. The lowest BCUT2D eigenvalue weighted by Crippen LogP contribution is -2.16. The molecule has 9 aromatic carbocycles. The second kappa shape index (κ2) is 13.3. The molecule has 11 aromatic rings. The zero-order chi connectivity index (χ0) is 42.9. The predicted octanol–water partition coefficient (Wildman–Crippen LogP) is 15.2. The highest BCUT2D eigenvalue weighted by molar-refractivity contribution is 6.24. The number of nitrogens with zero attached hydrogens (tertiary/aromatic N) is 4. The zero-order valence-electron chi connectivity index (χ0n) is 36.1. The quantitative estimate of drug-likeness (QED) is 0.131. The van der Waals surface area contributed by atoms with Gasteiger partial charge >= 0.3 is 0 Å². The number of rotatable bonds is 4. The Morgan fingerprint density at radius 3 is 1.09 bits per heavy atom. The molecule has 13 rings (SSSR count). The van der Waals surface area contributed by atoms with Crippen molar-refractivity contribution in [1.29, 1.82) is 0 Å². The van der Waals surface area contributed by atoms with Gasteiger partial charge < -0.3 is 0 Å². The van der Waals surface area contributed by atoms with Crippen LogP contribution in [0.3, 0.4) is 0 Å². The van der Waals surface area contributed by atoms with Crippen LogP contribution in [0, 0.1) is 0 Å². The van der Waals surface area contributed by atoms with Gasteiger partial charge in [0.15, 0.2) is 11.6 Å². The van der Waals surface area contributed by atoms with Gasteiger partial charge in [0, 0.05) is 57.9 Å². The van der Waals surface area contributed by atoms with Crippen molar-refractivity contribution in [2.75, 3.05) is 0 Å². The van der Waals surface area contributed by atoms with Crippen molar-refractivity contribution < 1.29 is 0 Å². The summed E-state index contributed by atoms with van der Waals surface area (Å²) < 4.78 is 0. The molecule has 0 aliphatic heterocycles. The van der Waals surface area contributed by atoms with Crippen LogP contribution in [-0.4, -0.2) is 19.9 Å². The van der Waals surface area contributed by atoms with Crippen molar-refractivity contribution in [2.45, 2.75) is 38.5 Å². The van der Waals surface area contributed by atoms with Crippen molar-refractivity contribution in [3.05, 3.63) is 205 Å². The maximum absolute atomic E-state index is 4.98. The monoisotopic (exact) mass is 818 g/mol. The fourth-order valence-electron chi connectivity index (χ4n) is 11.4. The Balaban J connectivity index is 1.12. The minimum atomic E-state index is -0.227. The first-order valence-electron chi connectivity index (χ1n) is 22.2. The molecule has 2 aliphatic rings. The molecule has 0 radical (unpaired) electrons. The summed E-state index contributed by atoms with van der Waals surface area (Å²) in [5.74, 6) is 1.44. The van der Waals surface area contributed by atoms with Gasteiger partial charge in [-0.05, 0) is 123 Å². The first-order valence-corrected chi connectivity index (χ1v) is 22.2. The van der Waals surface area contributed by atoms with E-state index in [4.69, 9.17) is 19.9 Å². The number of aromatic nitrogens is 4. The maximum atomic E-state index is 4.98. The van der Waals surface area contributed by atoms with Gasteiger partial charge in [-0.2, -0.15) is 0 Å². The van der Waals surface area contributed by atoms with Crippen LogP contribution in [0.4, 0.5) is 0 Å². The number of hydrogen-bond acceptors (Lipinski definition) is 4. The van der Waals surface area contributed by atoms with E-state index >= 15 is 0 Å². The van der Waals surface area contributed by atoms with E-state index in [0.717, 1.165) is 45.0 Å². The molecule has 0 fully saturated rings. The standard InChI is InChI=1S/C60H42N4/c1-59(2)51-21-13-11-19-41(51)45-25-23-43-47-27-38-30-50(40-33-63-58(64-34-40)36-17-9-6-10-18-36)54-44(24-26-46-42-20-12-14-22-52(42)60(3,4)56(46)54)48(38)28-37(47)29-49(53(43)55(45)59)39-31-61-57(62-32-39)35-15-7-5-8-16-35/h5-34H,1-4H3. The molecule has 64 heavy (non-hydrogen) atoms. The third kappa shape index (κ3) is 5.17. The Kier molecular flexibility index (Phi) is 7.67. The summed E-state index contributed by atoms with van der Waals surface area (Å²) in [4.78, 5) is 19.9. The van der Waals surface area contributed by atoms with E-state index in [-0.39, 0.29) is 10.8 Å².